The van der Waals surface area contributed by atoms with Crippen LogP contribution in [0.25, 0.3) is 0 Å². The van der Waals surface area contributed by atoms with E-state index >= 15 is 0 Å². The Morgan fingerprint density at radius 3 is 2.51 bits per heavy atom. The summed E-state index contributed by atoms with van der Waals surface area (Å²) in [5, 5.41) is 4.34. The molecular weight excluding hydrogens is 532 g/mol. The van der Waals surface area contributed by atoms with Crippen LogP contribution >= 0.6 is 11.6 Å². The van der Waals surface area contributed by atoms with Crippen LogP contribution < -0.4 is 16.0 Å². The van der Waals surface area contributed by atoms with E-state index in [0.717, 1.165) is 47.1 Å². The number of rotatable bonds is 6. The van der Waals surface area contributed by atoms with Crippen molar-refractivity contribution in [2.75, 3.05) is 41.3 Å². The van der Waals surface area contributed by atoms with Gasteiger partial charge in [0.15, 0.2) is 5.82 Å². The Balaban J connectivity index is 1.17. The first-order valence-electron chi connectivity index (χ1n) is 13.6. The van der Waals surface area contributed by atoms with E-state index in [1.807, 2.05) is 41.3 Å². The molecule has 204 valence electrons. The van der Waals surface area contributed by atoms with Crippen LogP contribution in [0.2, 0.25) is 5.02 Å². The average Bonchev–Trinajstić information content (AvgIpc) is 3.33. The molecule has 39 heavy (non-hydrogen) atoms. The number of likely N-dealkylation sites (tertiary alicyclic amines) is 1. The SMILES string of the molecule is Nc1ccc(CN2C[C@@H](Nc3nc(N4CCC(c5ccc(Cl)cc5)CC4)nc4c3[S+]([O-])CC4)CCC2=O)cc1. The van der Waals surface area contributed by atoms with Gasteiger partial charge in [-0.05, 0) is 71.7 Å². The third-order valence-electron chi connectivity index (χ3n) is 7.99. The van der Waals surface area contributed by atoms with Gasteiger partial charge < -0.3 is 25.4 Å². The molecule has 0 aliphatic carbocycles. The minimum Gasteiger partial charge on any atom is -0.611 e. The van der Waals surface area contributed by atoms with E-state index in [2.05, 4.69) is 22.3 Å². The minimum absolute atomic E-state index is 0.0246. The number of nitrogen functional groups attached to an aromatic ring is 1. The van der Waals surface area contributed by atoms with Crippen LogP contribution in [0.1, 0.15) is 48.4 Å². The van der Waals surface area contributed by atoms with Crippen molar-refractivity contribution in [1.29, 1.82) is 0 Å². The molecule has 3 N–H and O–H groups in total. The first-order chi connectivity index (χ1) is 18.9. The van der Waals surface area contributed by atoms with Crippen molar-refractivity contribution in [2.24, 2.45) is 0 Å². The number of benzene rings is 2. The number of fused-ring (bicyclic) bond motifs is 1. The molecule has 6 rings (SSSR count). The van der Waals surface area contributed by atoms with Gasteiger partial charge in [-0.2, -0.15) is 4.98 Å². The highest BCUT2D eigenvalue weighted by molar-refractivity contribution is 7.91. The summed E-state index contributed by atoms with van der Waals surface area (Å²) in [6.45, 7) is 2.83. The third-order valence-corrected chi connectivity index (χ3v) is 9.70. The van der Waals surface area contributed by atoms with Gasteiger partial charge >= 0.3 is 0 Å². The maximum Gasteiger partial charge on any atom is 0.227 e. The van der Waals surface area contributed by atoms with Gasteiger partial charge in [0.25, 0.3) is 0 Å². The van der Waals surface area contributed by atoms with E-state index in [4.69, 9.17) is 27.3 Å². The minimum atomic E-state index is -1.12. The maximum atomic E-state index is 12.9. The summed E-state index contributed by atoms with van der Waals surface area (Å²) in [4.78, 5) is 27.4. The second-order valence-electron chi connectivity index (χ2n) is 10.7. The van der Waals surface area contributed by atoms with E-state index in [1.165, 1.54) is 5.56 Å². The number of carbonyl (C=O) groups is 1. The number of nitrogens with zero attached hydrogens (tertiary/aromatic N) is 4. The van der Waals surface area contributed by atoms with Gasteiger partial charge in [0.2, 0.25) is 16.8 Å². The Kier molecular flexibility index (Phi) is 7.55. The molecule has 8 nitrogen and oxygen atoms in total. The van der Waals surface area contributed by atoms with Crippen LogP contribution in [0, 0.1) is 0 Å². The molecule has 3 aliphatic rings. The Hall–Kier alpha value is -3.01. The lowest BCUT2D eigenvalue weighted by Crippen LogP contribution is -2.45. The first-order valence-corrected chi connectivity index (χ1v) is 15.3. The highest BCUT2D eigenvalue weighted by atomic mass is 35.5. The summed E-state index contributed by atoms with van der Waals surface area (Å²) >= 11 is 4.96. The van der Waals surface area contributed by atoms with E-state index in [9.17, 15) is 9.35 Å². The second-order valence-corrected chi connectivity index (χ2v) is 12.6. The van der Waals surface area contributed by atoms with E-state index < -0.39 is 11.2 Å². The molecule has 1 amide bonds. The molecule has 0 bridgehead atoms. The molecule has 10 heteroatoms. The molecule has 3 aliphatic heterocycles. The number of nitrogens with two attached hydrogens (primary N) is 1. The lowest BCUT2D eigenvalue weighted by molar-refractivity contribution is -0.134. The van der Waals surface area contributed by atoms with Gasteiger partial charge in [-0.3, -0.25) is 4.79 Å². The second kappa shape index (κ2) is 11.2. The fourth-order valence-corrected chi connectivity index (χ4v) is 7.23. The van der Waals surface area contributed by atoms with Crippen LogP contribution in [-0.4, -0.2) is 56.8 Å². The molecule has 3 aromatic rings. The molecule has 4 heterocycles. The van der Waals surface area contributed by atoms with E-state index in [-0.39, 0.29) is 11.9 Å². The fourth-order valence-electron chi connectivity index (χ4n) is 5.79. The number of aromatic nitrogens is 2. The van der Waals surface area contributed by atoms with Gasteiger partial charge in [-0.1, -0.05) is 35.9 Å². The summed E-state index contributed by atoms with van der Waals surface area (Å²) in [5.41, 5.74) is 9.78. The van der Waals surface area contributed by atoms with Crippen molar-refractivity contribution in [3.05, 3.63) is 70.4 Å². The quantitative estimate of drug-likeness (QED) is 0.338. The van der Waals surface area contributed by atoms with Crippen molar-refractivity contribution in [2.45, 2.75) is 55.5 Å². The Morgan fingerprint density at radius 1 is 1.03 bits per heavy atom. The van der Waals surface area contributed by atoms with Gasteiger partial charge in [-0.15, -0.1) is 0 Å². The monoisotopic (exact) mass is 564 g/mol. The predicted molar refractivity (Wildman–Crippen MR) is 156 cm³/mol. The molecule has 2 fully saturated rings. The van der Waals surface area contributed by atoms with Crippen LogP contribution in [0.4, 0.5) is 17.5 Å². The lowest BCUT2D eigenvalue weighted by atomic mass is 9.89. The Morgan fingerprint density at radius 2 is 1.77 bits per heavy atom. The van der Waals surface area contributed by atoms with Gasteiger partial charge in [0, 0.05) is 55.8 Å². The van der Waals surface area contributed by atoms with E-state index in [0.29, 0.717) is 61.5 Å². The van der Waals surface area contributed by atoms with Gasteiger partial charge in [0.05, 0.1) is 0 Å². The van der Waals surface area contributed by atoms with Gasteiger partial charge in [0.1, 0.15) is 11.4 Å². The summed E-state index contributed by atoms with van der Waals surface area (Å²) in [6, 6.07) is 15.8. The number of amides is 1. The average molecular weight is 565 g/mol. The van der Waals surface area contributed by atoms with Crippen LogP contribution in [0.15, 0.2) is 53.4 Å². The third kappa shape index (κ3) is 5.81. The zero-order valence-electron chi connectivity index (χ0n) is 21.8. The number of aryl methyl sites for hydroxylation is 1. The topological polar surface area (TPSA) is 110 Å². The number of piperidine rings is 2. The number of hydrogen-bond acceptors (Lipinski definition) is 7. The number of anilines is 3. The van der Waals surface area contributed by atoms with Crippen molar-refractivity contribution >= 4 is 46.1 Å². The van der Waals surface area contributed by atoms with Crippen LogP contribution in [0.5, 0.6) is 0 Å². The Bertz CT molecular complexity index is 1330. The van der Waals surface area contributed by atoms with Gasteiger partial charge in [-0.25, -0.2) is 4.98 Å². The highest BCUT2D eigenvalue weighted by Gasteiger charge is 2.35. The molecule has 1 unspecified atom stereocenters. The van der Waals surface area contributed by atoms with Crippen molar-refractivity contribution in [3.63, 3.8) is 0 Å². The Labute approximate surface area is 237 Å². The molecule has 2 saturated heterocycles. The number of halogens is 1. The van der Waals surface area contributed by atoms with Crippen molar-refractivity contribution in [1.82, 2.24) is 14.9 Å². The van der Waals surface area contributed by atoms with Crippen molar-refractivity contribution < 1.29 is 9.35 Å². The summed E-state index contributed by atoms with van der Waals surface area (Å²) in [7, 11) is 0. The predicted octanol–water partition coefficient (Wildman–Crippen LogP) is 4.36. The summed E-state index contributed by atoms with van der Waals surface area (Å²) in [5.74, 6) is 2.58. The van der Waals surface area contributed by atoms with E-state index in [1.54, 1.807) is 0 Å². The number of carbonyl (C=O) groups excluding carboxylic acids is 1. The largest absolute Gasteiger partial charge is 0.611 e. The summed E-state index contributed by atoms with van der Waals surface area (Å²) < 4.78 is 12.9. The molecule has 0 saturated carbocycles. The molecule has 0 spiro atoms. The summed E-state index contributed by atoms with van der Waals surface area (Å²) in [6.07, 6.45) is 3.90. The zero-order valence-corrected chi connectivity index (χ0v) is 23.4. The maximum absolute atomic E-state index is 12.9. The van der Waals surface area contributed by atoms with Crippen LogP contribution in [-0.2, 0) is 28.9 Å². The lowest BCUT2D eigenvalue weighted by Gasteiger charge is -2.34. The van der Waals surface area contributed by atoms with Crippen LogP contribution in [0.3, 0.4) is 0 Å². The standard InChI is InChI=1S/C29H33ClN6O2S/c30-22-5-3-20(4-6-22)21-11-14-35(15-12-21)29-33-25-13-16-39(38)27(25)28(34-29)32-24-9-10-26(37)36(18-24)17-19-1-7-23(31)8-2-19/h1-8,21,24H,9-18,31H2,(H,32,33,34)/t24-,39?/m0/s1. The normalized spacial score (nSPS) is 21.7. The zero-order chi connectivity index (χ0) is 26.9. The number of nitrogens with one attached hydrogen (secondary N) is 1. The first kappa shape index (κ1) is 26.2. The highest BCUT2D eigenvalue weighted by Crippen LogP contribution is 2.35. The molecule has 1 aromatic heterocycles. The number of hydrogen-bond donors (Lipinski definition) is 2. The smallest absolute Gasteiger partial charge is 0.227 e. The molecular formula is C29H33ClN6O2S. The molecule has 2 aromatic carbocycles. The molecule has 0 radical (unpaired) electrons. The van der Waals surface area contributed by atoms with Crippen molar-refractivity contribution in [3.8, 4) is 0 Å². The molecule has 2 atom stereocenters. The fraction of sp³-hybridized carbons (Fsp3) is 0.414.